The maximum Gasteiger partial charge on any atom is 0.252 e. The van der Waals surface area contributed by atoms with Crippen LogP contribution in [0.1, 0.15) is 34.8 Å². The van der Waals surface area contributed by atoms with Gasteiger partial charge in [-0.3, -0.25) is 4.79 Å². The van der Waals surface area contributed by atoms with Gasteiger partial charge in [-0.15, -0.1) is 0 Å². The van der Waals surface area contributed by atoms with Gasteiger partial charge in [0.25, 0.3) is 5.91 Å². The van der Waals surface area contributed by atoms with Crippen molar-refractivity contribution in [1.29, 1.82) is 0 Å². The summed E-state index contributed by atoms with van der Waals surface area (Å²) in [6.07, 6.45) is 1.85. The molecular weight excluding hydrogens is 282 g/mol. The van der Waals surface area contributed by atoms with Crippen LogP contribution >= 0.6 is 11.6 Å². The number of benzene rings is 2. The number of amides is 1. The average Bonchev–Trinajstić information content (AvgIpc) is 2.46. The fourth-order valence-corrected chi connectivity index (χ4v) is 2.53. The molecule has 0 bridgehead atoms. The summed E-state index contributed by atoms with van der Waals surface area (Å²) in [7, 11) is 0. The Labute approximate surface area is 131 Å². The molecule has 0 aliphatic heterocycles. The number of aryl methyl sites for hydroxylation is 2. The zero-order valence-corrected chi connectivity index (χ0v) is 13.2. The lowest BCUT2D eigenvalue weighted by Crippen LogP contribution is -2.33. The van der Waals surface area contributed by atoms with Crippen LogP contribution in [0, 0.1) is 6.92 Å². The van der Waals surface area contributed by atoms with Gasteiger partial charge in [0.1, 0.15) is 0 Å². The molecular formula is C18H20ClNO. The molecule has 0 radical (unpaired) electrons. The lowest BCUT2D eigenvalue weighted by molar-refractivity contribution is 0.0938. The van der Waals surface area contributed by atoms with E-state index in [9.17, 15) is 4.79 Å². The molecule has 0 fully saturated rings. The number of hydrogen-bond donors (Lipinski definition) is 1. The van der Waals surface area contributed by atoms with E-state index < -0.39 is 0 Å². The summed E-state index contributed by atoms with van der Waals surface area (Å²) in [5, 5.41) is 3.51. The largest absolute Gasteiger partial charge is 0.350 e. The molecule has 2 aromatic carbocycles. The van der Waals surface area contributed by atoms with E-state index >= 15 is 0 Å². The highest BCUT2D eigenvalue weighted by Gasteiger charge is 2.13. The normalized spacial score (nSPS) is 12.0. The minimum Gasteiger partial charge on any atom is -0.350 e. The zero-order chi connectivity index (χ0) is 15.2. The fraction of sp³-hybridized carbons (Fsp3) is 0.278. The van der Waals surface area contributed by atoms with Gasteiger partial charge in [-0.2, -0.15) is 0 Å². The molecule has 0 heterocycles. The monoisotopic (exact) mass is 301 g/mol. The van der Waals surface area contributed by atoms with Gasteiger partial charge in [0.2, 0.25) is 0 Å². The third-order valence-corrected chi connectivity index (χ3v) is 3.77. The molecule has 0 spiro atoms. The van der Waals surface area contributed by atoms with Gasteiger partial charge >= 0.3 is 0 Å². The number of hydrogen-bond acceptors (Lipinski definition) is 1. The van der Waals surface area contributed by atoms with Gasteiger partial charge in [-0.05, 0) is 49.9 Å². The van der Waals surface area contributed by atoms with Crippen molar-refractivity contribution in [1.82, 2.24) is 5.32 Å². The number of carbonyl (C=O) groups is 1. The second-order valence-corrected chi connectivity index (χ2v) is 5.79. The van der Waals surface area contributed by atoms with Crippen molar-refractivity contribution in [3.63, 3.8) is 0 Å². The third kappa shape index (κ3) is 4.61. The molecule has 21 heavy (non-hydrogen) atoms. The predicted octanol–water partition coefficient (Wildman–Crippen LogP) is 4.40. The Balaban J connectivity index is 1.90. The van der Waals surface area contributed by atoms with Crippen LogP contribution in [0.5, 0.6) is 0 Å². The van der Waals surface area contributed by atoms with Crippen molar-refractivity contribution in [3.8, 4) is 0 Å². The third-order valence-electron chi connectivity index (χ3n) is 3.46. The van der Waals surface area contributed by atoms with Crippen molar-refractivity contribution in [2.75, 3.05) is 0 Å². The second kappa shape index (κ2) is 7.28. The van der Waals surface area contributed by atoms with Crippen LogP contribution in [-0.2, 0) is 6.42 Å². The summed E-state index contributed by atoms with van der Waals surface area (Å²) in [5.41, 5.74) is 2.87. The van der Waals surface area contributed by atoms with Crippen LogP contribution in [0.2, 0.25) is 5.02 Å². The van der Waals surface area contributed by atoms with E-state index in [1.165, 1.54) is 5.56 Å². The van der Waals surface area contributed by atoms with Crippen molar-refractivity contribution in [3.05, 3.63) is 70.2 Å². The molecule has 2 nitrogen and oxygen atoms in total. The van der Waals surface area contributed by atoms with E-state index in [1.54, 1.807) is 6.07 Å². The molecule has 0 saturated heterocycles. The first kappa shape index (κ1) is 15.6. The standard InChI is InChI=1S/C18H20ClNO/c1-13-8-11-16(17(19)12-13)18(21)20-14(2)9-10-15-6-4-3-5-7-15/h3-8,11-12,14H,9-10H2,1-2H3,(H,20,21). The van der Waals surface area contributed by atoms with Crippen molar-refractivity contribution >= 4 is 17.5 Å². The number of halogens is 1. The summed E-state index contributed by atoms with van der Waals surface area (Å²) in [5.74, 6) is -0.111. The van der Waals surface area contributed by atoms with Crippen LogP contribution in [0.25, 0.3) is 0 Å². The predicted molar refractivity (Wildman–Crippen MR) is 87.9 cm³/mol. The number of carbonyl (C=O) groups excluding carboxylic acids is 1. The topological polar surface area (TPSA) is 29.1 Å². The van der Waals surface area contributed by atoms with Crippen LogP contribution < -0.4 is 5.32 Å². The average molecular weight is 302 g/mol. The van der Waals surface area contributed by atoms with Crippen molar-refractivity contribution < 1.29 is 4.79 Å². The smallest absolute Gasteiger partial charge is 0.252 e. The first-order valence-corrected chi connectivity index (χ1v) is 7.55. The van der Waals surface area contributed by atoms with E-state index in [1.807, 2.05) is 44.2 Å². The Hall–Kier alpha value is -1.80. The summed E-state index contributed by atoms with van der Waals surface area (Å²) in [4.78, 5) is 12.2. The minimum absolute atomic E-state index is 0.107. The van der Waals surface area contributed by atoms with E-state index in [-0.39, 0.29) is 11.9 Å². The summed E-state index contributed by atoms with van der Waals surface area (Å²) in [6.45, 7) is 3.97. The molecule has 0 aliphatic rings. The van der Waals surface area contributed by atoms with Crippen LogP contribution in [0.4, 0.5) is 0 Å². The van der Waals surface area contributed by atoms with Gasteiger partial charge in [-0.25, -0.2) is 0 Å². The fourth-order valence-electron chi connectivity index (χ4n) is 2.21. The minimum atomic E-state index is -0.111. The molecule has 2 aromatic rings. The van der Waals surface area contributed by atoms with Gasteiger partial charge in [-0.1, -0.05) is 48.0 Å². The first-order valence-electron chi connectivity index (χ1n) is 7.17. The van der Waals surface area contributed by atoms with E-state index in [0.29, 0.717) is 10.6 Å². The molecule has 1 amide bonds. The maximum atomic E-state index is 12.2. The molecule has 1 atom stereocenters. The van der Waals surface area contributed by atoms with Crippen molar-refractivity contribution in [2.24, 2.45) is 0 Å². The molecule has 0 aromatic heterocycles. The van der Waals surface area contributed by atoms with Gasteiger partial charge in [0.15, 0.2) is 0 Å². The molecule has 0 saturated carbocycles. The number of rotatable bonds is 5. The first-order chi connectivity index (χ1) is 10.1. The van der Waals surface area contributed by atoms with Crippen LogP contribution in [0.15, 0.2) is 48.5 Å². The van der Waals surface area contributed by atoms with E-state index in [0.717, 1.165) is 18.4 Å². The van der Waals surface area contributed by atoms with E-state index in [4.69, 9.17) is 11.6 Å². The molecule has 1 unspecified atom stereocenters. The molecule has 2 rings (SSSR count). The molecule has 0 aliphatic carbocycles. The van der Waals surface area contributed by atoms with Gasteiger partial charge in [0.05, 0.1) is 10.6 Å². The lowest BCUT2D eigenvalue weighted by Gasteiger charge is -2.14. The zero-order valence-electron chi connectivity index (χ0n) is 12.4. The quantitative estimate of drug-likeness (QED) is 0.871. The lowest BCUT2D eigenvalue weighted by atomic mass is 10.1. The van der Waals surface area contributed by atoms with Crippen LogP contribution in [0.3, 0.4) is 0 Å². The summed E-state index contributed by atoms with van der Waals surface area (Å²) >= 11 is 6.12. The van der Waals surface area contributed by atoms with E-state index in [2.05, 4.69) is 17.4 Å². The van der Waals surface area contributed by atoms with Gasteiger partial charge in [0, 0.05) is 6.04 Å². The highest BCUT2D eigenvalue weighted by atomic mass is 35.5. The molecule has 110 valence electrons. The summed E-state index contributed by atoms with van der Waals surface area (Å²) in [6, 6.07) is 15.9. The number of nitrogens with one attached hydrogen (secondary N) is 1. The Morgan fingerprint density at radius 1 is 1.19 bits per heavy atom. The second-order valence-electron chi connectivity index (χ2n) is 5.38. The highest BCUT2D eigenvalue weighted by molar-refractivity contribution is 6.33. The molecule has 3 heteroatoms. The Bertz CT molecular complexity index is 610. The van der Waals surface area contributed by atoms with Crippen molar-refractivity contribution in [2.45, 2.75) is 32.7 Å². The Kier molecular flexibility index (Phi) is 5.40. The molecule has 1 N–H and O–H groups in total. The maximum absolute atomic E-state index is 12.2. The highest BCUT2D eigenvalue weighted by Crippen LogP contribution is 2.17. The Morgan fingerprint density at radius 3 is 2.57 bits per heavy atom. The SMILES string of the molecule is Cc1ccc(C(=O)NC(C)CCc2ccccc2)c(Cl)c1. The summed E-state index contributed by atoms with van der Waals surface area (Å²) < 4.78 is 0. The Morgan fingerprint density at radius 2 is 1.90 bits per heavy atom. The van der Waals surface area contributed by atoms with Crippen LogP contribution in [-0.4, -0.2) is 11.9 Å². The van der Waals surface area contributed by atoms with Gasteiger partial charge < -0.3 is 5.32 Å².